The smallest absolute Gasteiger partial charge is 0.230 e. The first-order valence-corrected chi connectivity index (χ1v) is 7.18. The van der Waals surface area contributed by atoms with Gasteiger partial charge in [-0.25, -0.2) is 0 Å². The normalized spacial score (nSPS) is 14.0. The standard InChI is InChI=1S/C16H25ClN2O/c1-11(12-9-7-8-10-13(12)17)19(6)14(20)15(2,3)16(4,5)18/h7-11H,18H2,1-6H3. The third kappa shape index (κ3) is 3.15. The number of halogens is 1. The van der Waals surface area contributed by atoms with E-state index < -0.39 is 11.0 Å². The summed E-state index contributed by atoms with van der Waals surface area (Å²) in [5.41, 5.74) is 5.83. The van der Waals surface area contributed by atoms with Crippen LogP contribution in [0.15, 0.2) is 24.3 Å². The summed E-state index contributed by atoms with van der Waals surface area (Å²) in [5, 5.41) is 0.671. The van der Waals surface area contributed by atoms with Crippen LogP contribution in [0, 0.1) is 5.41 Å². The van der Waals surface area contributed by atoms with Crippen molar-refractivity contribution in [3.63, 3.8) is 0 Å². The van der Waals surface area contributed by atoms with Crippen molar-refractivity contribution in [1.29, 1.82) is 0 Å². The zero-order valence-electron chi connectivity index (χ0n) is 13.2. The van der Waals surface area contributed by atoms with E-state index in [1.165, 1.54) is 0 Å². The molecule has 1 aromatic carbocycles. The Bertz CT molecular complexity index is 491. The molecule has 112 valence electrons. The highest BCUT2D eigenvalue weighted by Gasteiger charge is 2.43. The van der Waals surface area contributed by atoms with Crippen LogP contribution in [0.5, 0.6) is 0 Å². The molecular weight excluding hydrogens is 272 g/mol. The van der Waals surface area contributed by atoms with Crippen LogP contribution in [0.3, 0.4) is 0 Å². The minimum Gasteiger partial charge on any atom is -0.338 e. The predicted molar refractivity (Wildman–Crippen MR) is 84.7 cm³/mol. The minimum absolute atomic E-state index is 0.0115. The lowest BCUT2D eigenvalue weighted by molar-refractivity contribution is -0.144. The molecule has 0 aliphatic rings. The summed E-state index contributed by atoms with van der Waals surface area (Å²) in [5.74, 6) is 0.0115. The van der Waals surface area contributed by atoms with Crippen LogP contribution in [0.25, 0.3) is 0 Å². The van der Waals surface area contributed by atoms with E-state index in [-0.39, 0.29) is 11.9 Å². The first-order chi connectivity index (χ1) is 9.00. The largest absolute Gasteiger partial charge is 0.338 e. The van der Waals surface area contributed by atoms with Gasteiger partial charge in [0, 0.05) is 17.6 Å². The maximum atomic E-state index is 12.7. The molecule has 4 heteroatoms. The van der Waals surface area contributed by atoms with E-state index in [0.717, 1.165) is 5.56 Å². The molecule has 0 aliphatic carbocycles. The highest BCUT2D eigenvalue weighted by atomic mass is 35.5. The number of benzene rings is 1. The van der Waals surface area contributed by atoms with Gasteiger partial charge in [0.2, 0.25) is 5.91 Å². The zero-order chi connectivity index (χ0) is 15.7. The summed E-state index contributed by atoms with van der Waals surface area (Å²) in [4.78, 5) is 14.5. The first kappa shape index (κ1) is 17.0. The van der Waals surface area contributed by atoms with E-state index >= 15 is 0 Å². The van der Waals surface area contributed by atoms with Crippen molar-refractivity contribution < 1.29 is 4.79 Å². The second kappa shape index (κ2) is 5.74. The fourth-order valence-corrected chi connectivity index (χ4v) is 2.21. The van der Waals surface area contributed by atoms with Gasteiger partial charge in [0.05, 0.1) is 11.5 Å². The number of amides is 1. The van der Waals surface area contributed by atoms with Gasteiger partial charge in [0.15, 0.2) is 0 Å². The van der Waals surface area contributed by atoms with Crippen LogP contribution in [0.4, 0.5) is 0 Å². The van der Waals surface area contributed by atoms with E-state index in [1.807, 2.05) is 58.9 Å². The minimum atomic E-state index is -0.655. The van der Waals surface area contributed by atoms with Gasteiger partial charge >= 0.3 is 0 Å². The van der Waals surface area contributed by atoms with Gasteiger partial charge in [-0.15, -0.1) is 0 Å². The highest BCUT2D eigenvalue weighted by Crippen LogP contribution is 2.34. The van der Waals surface area contributed by atoms with E-state index in [1.54, 1.807) is 11.9 Å². The average Bonchev–Trinajstić information content (AvgIpc) is 2.35. The molecule has 0 aliphatic heterocycles. The number of hydrogen-bond donors (Lipinski definition) is 1. The molecule has 0 fully saturated rings. The molecule has 1 atom stereocenters. The van der Waals surface area contributed by atoms with Gasteiger partial charge in [-0.2, -0.15) is 0 Å². The van der Waals surface area contributed by atoms with Crippen molar-refractivity contribution in [2.24, 2.45) is 11.1 Å². The van der Waals surface area contributed by atoms with Gasteiger partial charge in [0.25, 0.3) is 0 Å². The topological polar surface area (TPSA) is 46.3 Å². The molecule has 2 N–H and O–H groups in total. The van der Waals surface area contributed by atoms with E-state index in [4.69, 9.17) is 17.3 Å². The number of hydrogen-bond acceptors (Lipinski definition) is 2. The fraction of sp³-hybridized carbons (Fsp3) is 0.562. The van der Waals surface area contributed by atoms with Gasteiger partial charge < -0.3 is 10.6 Å². The Morgan fingerprint density at radius 2 is 1.75 bits per heavy atom. The van der Waals surface area contributed by atoms with Crippen LogP contribution in [-0.2, 0) is 4.79 Å². The maximum absolute atomic E-state index is 12.7. The first-order valence-electron chi connectivity index (χ1n) is 6.80. The molecule has 0 aromatic heterocycles. The Kier molecular flexibility index (Phi) is 4.88. The molecular formula is C16H25ClN2O. The molecule has 0 saturated carbocycles. The second-order valence-corrected chi connectivity index (χ2v) is 6.87. The highest BCUT2D eigenvalue weighted by molar-refractivity contribution is 6.31. The average molecular weight is 297 g/mol. The van der Waals surface area contributed by atoms with Crippen molar-refractivity contribution >= 4 is 17.5 Å². The molecule has 1 rings (SSSR count). The lowest BCUT2D eigenvalue weighted by Gasteiger charge is -2.41. The van der Waals surface area contributed by atoms with E-state index in [0.29, 0.717) is 5.02 Å². The van der Waals surface area contributed by atoms with Gasteiger partial charge in [-0.3, -0.25) is 4.79 Å². The van der Waals surface area contributed by atoms with Crippen LogP contribution in [0.1, 0.15) is 46.2 Å². The molecule has 0 heterocycles. The maximum Gasteiger partial charge on any atom is 0.230 e. The second-order valence-electron chi connectivity index (χ2n) is 6.46. The van der Waals surface area contributed by atoms with E-state index in [9.17, 15) is 4.79 Å². The van der Waals surface area contributed by atoms with Crippen molar-refractivity contribution in [3.05, 3.63) is 34.9 Å². The van der Waals surface area contributed by atoms with Gasteiger partial charge in [-0.05, 0) is 46.2 Å². The molecule has 1 aromatic rings. The van der Waals surface area contributed by atoms with Crippen molar-refractivity contribution in [3.8, 4) is 0 Å². The Morgan fingerprint density at radius 3 is 2.20 bits per heavy atom. The summed E-state index contributed by atoms with van der Waals surface area (Å²) in [6.07, 6.45) is 0. The molecule has 1 amide bonds. The van der Waals surface area contributed by atoms with Crippen molar-refractivity contribution in [1.82, 2.24) is 4.90 Å². The van der Waals surface area contributed by atoms with Crippen LogP contribution < -0.4 is 5.73 Å². The predicted octanol–water partition coefficient (Wildman–Crippen LogP) is 3.62. The number of nitrogens with zero attached hydrogens (tertiary/aromatic N) is 1. The Balaban J connectivity index is 3.04. The quantitative estimate of drug-likeness (QED) is 0.922. The summed E-state index contributed by atoms with van der Waals surface area (Å²) in [6, 6.07) is 7.49. The van der Waals surface area contributed by atoms with Crippen LogP contribution >= 0.6 is 11.6 Å². The molecule has 0 radical (unpaired) electrons. The third-order valence-electron chi connectivity index (χ3n) is 4.40. The number of carbonyl (C=O) groups is 1. The van der Waals surface area contributed by atoms with Crippen molar-refractivity contribution in [2.45, 2.75) is 46.2 Å². The van der Waals surface area contributed by atoms with Crippen molar-refractivity contribution in [2.75, 3.05) is 7.05 Å². The molecule has 20 heavy (non-hydrogen) atoms. The lowest BCUT2D eigenvalue weighted by Crippen LogP contribution is -2.56. The number of rotatable bonds is 4. The number of nitrogens with two attached hydrogens (primary N) is 1. The fourth-order valence-electron chi connectivity index (χ4n) is 1.91. The molecule has 3 nitrogen and oxygen atoms in total. The summed E-state index contributed by atoms with van der Waals surface area (Å²) in [6.45, 7) is 9.48. The Morgan fingerprint density at radius 1 is 1.25 bits per heavy atom. The monoisotopic (exact) mass is 296 g/mol. The summed E-state index contributed by atoms with van der Waals surface area (Å²) in [7, 11) is 1.80. The molecule has 0 spiro atoms. The Labute approximate surface area is 127 Å². The zero-order valence-corrected chi connectivity index (χ0v) is 14.0. The Hall–Kier alpha value is -1.06. The third-order valence-corrected chi connectivity index (χ3v) is 4.75. The van der Waals surface area contributed by atoms with Crippen LogP contribution in [-0.4, -0.2) is 23.4 Å². The summed E-state index contributed by atoms with van der Waals surface area (Å²) >= 11 is 6.21. The molecule has 0 saturated heterocycles. The summed E-state index contributed by atoms with van der Waals surface area (Å²) < 4.78 is 0. The van der Waals surface area contributed by atoms with Gasteiger partial charge in [-0.1, -0.05) is 29.8 Å². The molecule has 0 bridgehead atoms. The molecule has 1 unspecified atom stereocenters. The number of carbonyl (C=O) groups excluding carboxylic acids is 1. The lowest BCUT2D eigenvalue weighted by atomic mass is 9.74. The van der Waals surface area contributed by atoms with Gasteiger partial charge in [0.1, 0.15) is 0 Å². The SMILES string of the molecule is CC(c1ccccc1Cl)N(C)C(=O)C(C)(C)C(C)(C)N. The van der Waals surface area contributed by atoms with E-state index in [2.05, 4.69) is 0 Å². The van der Waals surface area contributed by atoms with Crippen LogP contribution in [0.2, 0.25) is 5.02 Å².